The predicted octanol–water partition coefficient (Wildman–Crippen LogP) is 4.72. The molecule has 0 aliphatic heterocycles. The van der Waals surface area contributed by atoms with Crippen molar-refractivity contribution >= 4 is 5.97 Å². The van der Waals surface area contributed by atoms with Gasteiger partial charge in [0, 0.05) is 0 Å². The Bertz CT molecular complexity index is 319. The Labute approximate surface area is 123 Å². The third-order valence-corrected chi connectivity index (χ3v) is 6.06. The second-order valence-corrected chi connectivity index (χ2v) is 7.45. The zero-order chi connectivity index (χ0) is 13.8. The van der Waals surface area contributed by atoms with Gasteiger partial charge in [-0.05, 0) is 49.9 Å². The molecule has 3 rings (SSSR count). The van der Waals surface area contributed by atoms with Crippen molar-refractivity contribution in [2.24, 2.45) is 23.7 Å². The van der Waals surface area contributed by atoms with E-state index >= 15 is 0 Å². The molecule has 0 saturated heterocycles. The first-order valence-corrected chi connectivity index (χ1v) is 8.99. The fourth-order valence-corrected chi connectivity index (χ4v) is 4.76. The predicted molar refractivity (Wildman–Crippen MR) is 80.3 cm³/mol. The van der Waals surface area contributed by atoms with Crippen LogP contribution in [0.5, 0.6) is 0 Å². The Kier molecular flexibility index (Phi) is 5.01. The summed E-state index contributed by atoms with van der Waals surface area (Å²) in [7, 11) is 0. The van der Waals surface area contributed by atoms with E-state index in [1.54, 1.807) is 0 Å². The molecule has 3 atom stereocenters. The van der Waals surface area contributed by atoms with Crippen LogP contribution >= 0.6 is 0 Å². The molecule has 0 N–H and O–H groups in total. The lowest BCUT2D eigenvalue weighted by molar-refractivity contribution is -0.152. The highest BCUT2D eigenvalue weighted by atomic mass is 16.5. The van der Waals surface area contributed by atoms with Crippen molar-refractivity contribution in [3.05, 3.63) is 0 Å². The summed E-state index contributed by atoms with van der Waals surface area (Å²) in [5.74, 6) is 2.74. The maximum Gasteiger partial charge on any atom is 0.308 e. The monoisotopic (exact) mass is 278 g/mol. The Hall–Kier alpha value is -0.530. The minimum absolute atomic E-state index is 0.125. The van der Waals surface area contributed by atoms with Crippen LogP contribution in [0.3, 0.4) is 0 Å². The van der Waals surface area contributed by atoms with Crippen LogP contribution in [0.1, 0.15) is 77.0 Å². The third-order valence-electron chi connectivity index (χ3n) is 6.06. The molecule has 0 aromatic rings. The normalized spacial score (nSPS) is 35.3. The van der Waals surface area contributed by atoms with E-state index in [2.05, 4.69) is 0 Å². The fraction of sp³-hybridized carbons (Fsp3) is 0.944. The number of carbonyl (C=O) groups is 1. The van der Waals surface area contributed by atoms with Crippen molar-refractivity contribution in [2.75, 3.05) is 6.61 Å². The standard InChI is InChI=1S/C18H30O2/c19-18(20-13-14-6-2-1-3-7-14)17-11-10-15-8-4-5-9-16(15)12-17/h14-17H,1-13H2. The number of rotatable bonds is 3. The van der Waals surface area contributed by atoms with E-state index in [4.69, 9.17) is 4.74 Å². The lowest BCUT2D eigenvalue weighted by Gasteiger charge is -2.38. The van der Waals surface area contributed by atoms with Crippen molar-refractivity contribution < 1.29 is 9.53 Å². The number of hydrogen-bond donors (Lipinski definition) is 0. The molecule has 3 aliphatic carbocycles. The zero-order valence-electron chi connectivity index (χ0n) is 12.8. The molecule has 3 unspecified atom stereocenters. The number of carbonyl (C=O) groups excluding carboxylic acids is 1. The summed E-state index contributed by atoms with van der Waals surface area (Å²) in [5, 5.41) is 0. The molecule has 2 heteroatoms. The quantitative estimate of drug-likeness (QED) is 0.698. The van der Waals surface area contributed by atoms with E-state index in [0.29, 0.717) is 12.5 Å². The van der Waals surface area contributed by atoms with E-state index in [-0.39, 0.29) is 11.9 Å². The third kappa shape index (κ3) is 3.56. The molecule has 0 aromatic heterocycles. The van der Waals surface area contributed by atoms with Gasteiger partial charge in [-0.25, -0.2) is 0 Å². The summed E-state index contributed by atoms with van der Waals surface area (Å²) in [5.41, 5.74) is 0. The van der Waals surface area contributed by atoms with Gasteiger partial charge in [-0.2, -0.15) is 0 Å². The van der Waals surface area contributed by atoms with Gasteiger partial charge < -0.3 is 4.74 Å². The van der Waals surface area contributed by atoms with E-state index in [9.17, 15) is 4.79 Å². The summed E-state index contributed by atoms with van der Waals surface area (Å²) in [6.45, 7) is 0.698. The van der Waals surface area contributed by atoms with Crippen LogP contribution in [0.4, 0.5) is 0 Å². The summed E-state index contributed by atoms with van der Waals surface area (Å²) >= 11 is 0. The Balaban J connectivity index is 1.42. The SMILES string of the molecule is O=C(OCC1CCCCC1)C1CCC2CCCCC2C1. The van der Waals surface area contributed by atoms with E-state index in [1.807, 2.05) is 0 Å². The Morgan fingerprint density at radius 2 is 1.50 bits per heavy atom. The molecule has 3 aliphatic rings. The molecule has 2 nitrogen and oxygen atoms in total. The first-order valence-electron chi connectivity index (χ1n) is 8.99. The molecular weight excluding hydrogens is 248 g/mol. The highest BCUT2D eigenvalue weighted by Crippen LogP contribution is 2.43. The molecule has 0 heterocycles. The van der Waals surface area contributed by atoms with Gasteiger partial charge in [-0.15, -0.1) is 0 Å². The van der Waals surface area contributed by atoms with Crippen LogP contribution in [0.2, 0.25) is 0 Å². The van der Waals surface area contributed by atoms with Gasteiger partial charge in [0.1, 0.15) is 0 Å². The number of fused-ring (bicyclic) bond motifs is 1. The molecule has 114 valence electrons. The van der Waals surface area contributed by atoms with E-state index in [0.717, 1.165) is 24.7 Å². The minimum Gasteiger partial charge on any atom is -0.465 e. The van der Waals surface area contributed by atoms with Crippen molar-refractivity contribution in [2.45, 2.75) is 77.0 Å². The van der Waals surface area contributed by atoms with Crippen LogP contribution in [-0.2, 0) is 9.53 Å². The Morgan fingerprint density at radius 1 is 0.800 bits per heavy atom. The molecule has 20 heavy (non-hydrogen) atoms. The largest absolute Gasteiger partial charge is 0.465 e. The highest BCUT2D eigenvalue weighted by molar-refractivity contribution is 5.72. The number of ether oxygens (including phenoxy) is 1. The maximum absolute atomic E-state index is 12.3. The average Bonchev–Trinajstić information content (AvgIpc) is 2.53. The lowest BCUT2D eigenvalue weighted by Crippen LogP contribution is -2.32. The summed E-state index contributed by atoms with van der Waals surface area (Å²) in [6.07, 6.45) is 15.6. The van der Waals surface area contributed by atoms with Crippen molar-refractivity contribution in [3.8, 4) is 0 Å². The molecule has 0 bridgehead atoms. The maximum atomic E-state index is 12.3. The highest BCUT2D eigenvalue weighted by Gasteiger charge is 2.35. The molecule has 3 fully saturated rings. The van der Waals surface area contributed by atoms with E-state index in [1.165, 1.54) is 64.2 Å². The van der Waals surface area contributed by atoms with Gasteiger partial charge in [0.15, 0.2) is 0 Å². The van der Waals surface area contributed by atoms with Crippen molar-refractivity contribution in [1.82, 2.24) is 0 Å². The second-order valence-electron chi connectivity index (χ2n) is 7.45. The molecule has 0 amide bonds. The van der Waals surface area contributed by atoms with Gasteiger partial charge in [-0.3, -0.25) is 4.79 Å². The van der Waals surface area contributed by atoms with Crippen LogP contribution in [0.25, 0.3) is 0 Å². The van der Waals surface area contributed by atoms with Gasteiger partial charge in [0.2, 0.25) is 0 Å². The molecule has 0 spiro atoms. The summed E-state index contributed by atoms with van der Waals surface area (Å²) in [4.78, 5) is 12.3. The van der Waals surface area contributed by atoms with Gasteiger partial charge in [0.25, 0.3) is 0 Å². The van der Waals surface area contributed by atoms with Gasteiger partial charge >= 0.3 is 5.97 Å². The number of esters is 1. The van der Waals surface area contributed by atoms with Gasteiger partial charge in [0.05, 0.1) is 12.5 Å². The fourth-order valence-electron chi connectivity index (χ4n) is 4.76. The minimum atomic E-state index is 0.125. The van der Waals surface area contributed by atoms with Crippen LogP contribution in [-0.4, -0.2) is 12.6 Å². The topological polar surface area (TPSA) is 26.3 Å². The van der Waals surface area contributed by atoms with E-state index < -0.39 is 0 Å². The van der Waals surface area contributed by atoms with Crippen molar-refractivity contribution in [3.63, 3.8) is 0 Å². The van der Waals surface area contributed by atoms with Crippen molar-refractivity contribution in [1.29, 1.82) is 0 Å². The second kappa shape index (κ2) is 6.95. The Morgan fingerprint density at radius 3 is 2.30 bits per heavy atom. The first-order chi connectivity index (χ1) is 9.83. The average molecular weight is 278 g/mol. The number of hydrogen-bond acceptors (Lipinski definition) is 2. The molecular formula is C18H30O2. The van der Waals surface area contributed by atoms with Gasteiger partial charge in [-0.1, -0.05) is 44.9 Å². The first kappa shape index (κ1) is 14.4. The summed E-state index contributed by atoms with van der Waals surface area (Å²) < 4.78 is 5.66. The molecule has 0 radical (unpaired) electrons. The van der Waals surface area contributed by atoms with Crippen LogP contribution in [0, 0.1) is 23.7 Å². The zero-order valence-corrected chi connectivity index (χ0v) is 12.8. The molecule has 3 saturated carbocycles. The van der Waals surface area contributed by atoms with Crippen LogP contribution < -0.4 is 0 Å². The smallest absolute Gasteiger partial charge is 0.308 e. The lowest BCUT2D eigenvalue weighted by atomic mass is 9.67. The van der Waals surface area contributed by atoms with Crippen LogP contribution in [0.15, 0.2) is 0 Å². The molecule has 0 aromatic carbocycles. The summed E-state index contributed by atoms with van der Waals surface area (Å²) in [6, 6.07) is 0.